The summed E-state index contributed by atoms with van der Waals surface area (Å²) in [4.78, 5) is 0. The van der Waals surface area contributed by atoms with E-state index in [9.17, 15) is 0 Å². The average molecular weight is 258 g/mol. The van der Waals surface area contributed by atoms with Gasteiger partial charge in [-0.2, -0.15) is 0 Å². The molecular weight excluding hydrogens is 242 g/mol. The van der Waals surface area contributed by atoms with Crippen LogP contribution in [0.15, 0.2) is 28.7 Å². The highest BCUT2D eigenvalue weighted by molar-refractivity contribution is 9.10. The fourth-order valence-corrected chi connectivity index (χ4v) is 1.53. The lowest BCUT2D eigenvalue weighted by Gasteiger charge is -2.21. The van der Waals surface area contributed by atoms with Crippen molar-refractivity contribution in [3.63, 3.8) is 0 Å². The SMILES string of the molecule is CN(C)NC(CN)c1ccc(Br)cc1. The average Bonchev–Trinajstić information content (AvgIpc) is 2.15. The molecule has 1 atom stereocenters. The predicted octanol–water partition coefficient (Wildman–Crippen LogP) is 1.52. The first kappa shape index (κ1) is 11.7. The van der Waals surface area contributed by atoms with E-state index in [-0.39, 0.29) is 6.04 Å². The predicted molar refractivity (Wildman–Crippen MR) is 62.8 cm³/mol. The lowest BCUT2D eigenvalue weighted by Crippen LogP contribution is -2.37. The van der Waals surface area contributed by atoms with Crippen LogP contribution in [-0.4, -0.2) is 25.6 Å². The molecule has 0 amide bonds. The lowest BCUT2D eigenvalue weighted by molar-refractivity contribution is 0.245. The Hall–Kier alpha value is -0.420. The smallest absolute Gasteiger partial charge is 0.0586 e. The van der Waals surface area contributed by atoms with Gasteiger partial charge >= 0.3 is 0 Å². The summed E-state index contributed by atoms with van der Waals surface area (Å²) in [6.45, 7) is 0.583. The largest absolute Gasteiger partial charge is 0.329 e. The van der Waals surface area contributed by atoms with E-state index in [0.29, 0.717) is 6.54 Å². The number of hydrogen-bond acceptors (Lipinski definition) is 3. The minimum atomic E-state index is 0.179. The molecule has 0 bridgehead atoms. The van der Waals surface area contributed by atoms with Crippen LogP contribution in [0, 0.1) is 0 Å². The Balaban J connectivity index is 2.73. The van der Waals surface area contributed by atoms with Gasteiger partial charge in [-0.15, -0.1) is 0 Å². The number of benzene rings is 1. The van der Waals surface area contributed by atoms with Gasteiger partial charge in [0.25, 0.3) is 0 Å². The third kappa shape index (κ3) is 3.38. The molecule has 78 valence electrons. The van der Waals surface area contributed by atoms with Crippen molar-refractivity contribution in [2.45, 2.75) is 6.04 Å². The fourth-order valence-electron chi connectivity index (χ4n) is 1.27. The zero-order valence-corrected chi connectivity index (χ0v) is 10.1. The van der Waals surface area contributed by atoms with Gasteiger partial charge < -0.3 is 5.73 Å². The number of nitrogens with one attached hydrogen (secondary N) is 1. The maximum absolute atomic E-state index is 5.69. The van der Waals surface area contributed by atoms with E-state index in [1.165, 1.54) is 5.56 Å². The number of hydrogen-bond donors (Lipinski definition) is 2. The maximum atomic E-state index is 5.69. The van der Waals surface area contributed by atoms with E-state index in [2.05, 4.69) is 33.5 Å². The van der Waals surface area contributed by atoms with Crippen LogP contribution in [0.2, 0.25) is 0 Å². The van der Waals surface area contributed by atoms with Crippen LogP contribution in [-0.2, 0) is 0 Å². The van der Waals surface area contributed by atoms with E-state index in [1.807, 2.05) is 31.2 Å². The van der Waals surface area contributed by atoms with Crippen molar-refractivity contribution in [3.05, 3.63) is 34.3 Å². The minimum absolute atomic E-state index is 0.179. The molecule has 0 spiro atoms. The molecule has 0 aliphatic heterocycles. The molecule has 3 N–H and O–H groups in total. The van der Waals surface area contributed by atoms with Crippen molar-refractivity contribution >= 4 is 15.9 Å². The number of hydrazine groups is 1. The van der Waals surface area contributed by atoms with E-state index in [1.54, 1.807) is 0 Å². The molecule has 0 fully saturated rings. The summed E-state index contributed by atoms with van der Waals surface area (Å²) < 4.78 is 1.09. The van der Waals surface area contributed by atoms with Gasteiger partial charge in [0.1, 0.15) is 0 Å². The summed E-state index contributed by atoms with van der Waals surface area (Å²) in [7, 11) is 3.92. The molecule has 1 unspecified atom stereocenters. The van der Waals surface area contributed by atoms with Crippen molar-refractivity contribution in [2.24, 2.45) is 5.73 Å². The third-order valence-corrected chi connectivity index (χ3v) is 2.45. The molecule has 1 aromatic rings. The molecule has 1 rings (SSSR count). The highest BCUT2D eigenvalue weighted by atomic mass is 79.9. The van der Waals surface area contributed by atoms with Gasteiger partial charge in [-0.25, -0.2) is 10.4 Å². The Morgan fingerprint density at radius 2 is 1.93 bits per heavy atom. The number of rotatable bonds is 4. The van der Waals surface area contributed by atoms with E-state index in [0.717, 1.165) is 4.47 Å². The molecule has 0 aliphatic carbocycles. The minimum Gasteiger partial charge on any atom is -0.329 e. The van der Waals surface area contributed by atoms with Gasteiger partial charge in [-0.1, -0.05) is 28.1 Å². The second kappa shape index (κ2) is 5.46. The Morgan fingerprint density at radius 3 is 2.36 bits per heavy atom. The van der Waals surface area contributed by atoms with Crippen molar-refractivity contribution < 1.29 is 0 Å². The highest BCUT2D eigenvalue weighted by Crippen LogP contribution is 2.16. The monoisotopic (exact) mass is 257 g/mol. The number of nitrogens with zero attached hydrogens (tertiary/aromatic N) is 1. The maximum Gasteiger partial charge on any atom is 0.0586 e. The Bertz CT molecular complexity index is 271. The number of halogens is 1. The summed E-state index contributed by atoms with van der Waals surface area (Å²) >= 11 is 3.41. The Labute approximate surface area is 93.4 Å². The lowest BCUT2D eigenvalue weighted by atomic mass is 10.1. The van der Waals surface area contributed by atoms with Crippen molar-refractivity contribution in [1.82, 2.24) is 10.4 Å². The molecule has 0 saturated carbocycles. The molecule has 3 nitrogen and oxygen atoms in total. The topological polar surface area (TPSA) is 41.3 Å². The van der Waals surface area contributed by atoms with E-state index < -0.39 is 0 Å². The summed E-state index contributed by atoms with van der Waals surface area (Å²) in [5, 5.41) is 1.92. The quantitative estimate of drug-likeness (QED) is 0.804. The molecule has 4 heteroatoms. The molecule has 0 saturated heterocycles. The van der Waals surface area contributed by atoms with Crippen LogP contribution in [0.25, 0.3) is 0 Å². The zero-order valence-electron chi connectivity index (χ0n) is 8.50. The van der Waals surface area contributed by atoms with Gasteiger partial charge in [-0.05, 0) is 17.7 Å². The normalized spacial score (nSPS) is 13.2. The van der Waals surface area contributed by atoms with E-state index >= 15 is 0 Å². The summed E-state index contributed by atoms with van der Waals surface area (Å²) in [5.41, 5.74) is 10.1. The van der Waals surface area contributed by atoms with Crippen molar-refractivity contribution in [3.8, 4) is 0 Å². The zero-order chi connectivity index (χ0) is 10.6. The van der Waals surface area contributed by atoms with Crippen molar-refractivity contribution in [1.29, 1.82) is 0 Å². The van der Waals surface area contributed by atoms with Gasteiger partial charge in [0.2, 0.25) is 0 Å². The number of nitrogens with two attached hydrogens (primary N) is 1. The first-order chi connectivity index (χ1) is 6.63. The van der Waals surface area contributed by atoms with Crippen LogP contribution in [0.5, 0.6) is 0 Å². The molecule has 1 aromatic carbocycles. The molecule has 14 heavy (non-hydrogen) atoms. The molecule has 0 heterocycles. The molecule has 0 aromatic heterocycles. The van der Waals surface area contributed by atoms with Crippen LogP contribution in [0.4, 0.5) is 0 Å². The first-order valence-electron chi connectivity index (χ1n) is 4.52. The summed E-state index contributed by atoms with van der Waals surface area (Å²) in [5.74, 6) is 0. The molecular formula is C10H16BrN3. The van der Waals surface area contributed by atoms with E-state index in [4.69, 9.17) is 5.73 Å². The highest BCUT2D eigenvalue weighted by Gasteiger charge is 2.08. The van der Waals surface area contributed by atoms with Gasteiger partial charge in [0.05, 0.1) is 6.04 Å². The summed E-state index contributed by atoms with van der Waals surface area (Å²) in [6.07, 6.45) is 0. The van der Waals surface area contributed by atoms with Gasteiger partial charge in [0, 0.05) is 25.1 Å². The summed E-state index contributed by atoms with van der Waals surface area (Å²) in [6, 6.07) is 8.36. The van der Waals surface area contributed by atoms with Crippen molar-refractivity contribution in [2.75, 3.05) is 20.6 Å². The van der Waals surface area contributed by atoms with Crippen LogP contribution in [0.3, 0.4) is 0 Å². The first-order valence-corrected chi connectivity index (χ1v) is 5.32. The molecule has 0 radical (unpaired) electrons. The standard InChI is InChI=1S/C10H16BrN3/c1-14(2)13-10(7-12)8-3-5-9(11)6-4-8/h3-6,10,13H,7,12H2,1-2H3. The Kier molecular flexibility index (Phi) is 4.54. The second-order valence-corrected chi connectivity index (χ2v) is 4.28. The Morgan fingerprint density at radius 1 is 1.36 bits per heavy atom. The fraction of sp³-hybridized carbons (Fsp3) is 0.400. The molecule has 0 aliphatic rings. The van der Waals surface area contributed by atoms with Gasteiger partial charge in [0.15, 0.2) is 0 Å². The van der Waals surface area contributed by atoms with Crippen LogP contribution < -0.4 is 11.2 Å². The third-order valence-electron chi connectivity index (χ3n) is 1.92. The van der Waals surface area contributed by atoms with Gasteiger partial charge in [-0.3, -0.25) is 0 Å². The van der Waals surface area contributed by atoms with Crippen LogP contribution in [0.1, 0.15) is 11.6 Å². The van der Waals surface area contributed by atoms with Crippen LogP contribution >= 0.6 is 15.9 Å². The second-order valence-electron chi connectivity index (χ2n) is 3.36.